The molecule has 3 atom stereocenters. The summed E-state index contributed by atoms with van der Waals surface area (Å²) in [7, 11) is 0. The summed E-state index contributed by atoms with van der Waals surface area (Å²) in [5.41, 5.74) is 5.71. The Labute approximate surface area is 70.5 Å². The standard InChI is InChI=1S/C8H12N2O2/c9-4-1-2-5-6(3-4)8(12)10-7(5)11/h4-6H,1-3,9H2,(H,10,11,12). The number of hydrogen-bond acceptors (Lipinski definition) is 3. The number of carbonyl (C=O) groups is 2. The fourth-order valence-electron chi connectivity index (χ4n) is 2.11. The minimum atomic E-state index is -0.138. The molecular formula is C8H12N2O2. The van der Waals surface area contributed by atoms with Crippen molar-refractivity contribution in [1.82, 2.24) is 5.32 Å². The molecule has 0 aromatic rings. The van der Waals surface area contributed by atoms with Crippen molar-refractivity contribution in [2.45, 2.75) is 25.3 Å². The number of hydrogen-bond donors (Lipinski definition) is 2. The molecule has 0 spiro atoms. The summed E-state index contributed by atoms with van der Waals surface area (Å²) in [6.07, 6.45) is 2.30. The molecule has 66 valence electrons. The molecule has 0 aromatic carbocycles. The van der Waals surface area contributed by atoms with Crippen LogP contribution in [0.5, 0.6) is 0 Å². The highest BCUT2D eigenvalue weighted by Gasteiger charge is 2.44. The molecule has 2 rings (SSSR count). The van der Waals surface area contributed by atoms with E-state index in [0.717, 1.165) is 12.8 Å². The van der Waals surface area contributed by atoms with Crippen molar-refractivity contribution in [1.29, 1.82) is 0 Å². The minimum Gasteiger partial charge on any atom is -0.328 e. The first-order chi connectivity index (χ1) is 5.68. The largest absolute Gasteiger partial charge is 0.328 e. The number of imide groups is 1. The van der Waals surface area contributed by atoms with E-state index in [4.69, 9.17) is 5.73 Å². The average molecular weight is 168 g/mol. The molecule has 1 aliphatic heterocycles. The Balaban J connectivity index is 2.17. The van der Waals surface area contributed by atoms with E-state index < -0.39 is 0 Å². The van der Waals surface area contributed by atoms with Gasteiger partial charge in [-0.15, -0.1) is 0 Å². The number of amides is 2. The number of nitrogens with one attached hydrogen (secondary N) is 1. The predicted octanol–water partition coefficient (Wildman–Crippen LogP) is -0.614. The van der Waals surface area contributed by atoms with Crippen molar-refractivity contribution in [2.24, 2.45) is 17.6 Å². The number of fused-ring (bicyclic) bond motifs is 1. The Bertz CT molecular complexity index is 239. The van der Waals surface area contributed by atoms with Crippen LogP contribution in [0.4, 0.5) is 0 Å². The van der Waals surface area contributed by atoms with Crippen LogP contribution in [-0.2, 0) is 9.59 Å². The van der Waals surface area contributed by atoms with Gasteiger partial charge in [-0.05, 0) is 19.3 Å². The molecule has 12 heavy (non-hydrogen) atoms. The molecule has 3 N–H and O–H groups in total. The fraction of sp³-hybridized carbons (Fsp3) is 0.750. The molecule has 3 unspecified atom stereocenters. The summed E-state index contributed by atoms with van der Waals surface area (Å²) in [5, 5.41) is 2.35. The maximum Gasteiger partial charge on any atom is 0.230 e. The third-order valence-electron chi connectivity index (χ3n) is 2.81. The van der Waals surface area contributed by atoms with Gasteiger partial charge in [0.1, 0.15) is 0 Å². The fourth-order valence-corrected chi connectivity index (χ4v) is 2.11. The van der Waals surface area contributed by atoms with E-state index >= 15 is 0 Å². The molecule has 1 saturated carbocycles. The van der Waals surface area contributed by atoms with Gasteiger partial charge in [-0.1, -0.05) is 0 Å². The molecule has 0 radical (unpaired) electrons. The Morgan fingerprint density at radius 2 is 1.83 bits per heavy atom. The number of rotatable bonds is 0. The van der Waals surface area contributed by atoms with E-state index in [1.807, 2.05) is 0 Å². The SMILES string of the molecule is NC1CCC2C(=O)NC(=O)C2C1. The second-order valence-corrected chi connectivity index (χ2v) is 3.64. The normalized spacial score (nSPS) is 40.9. The van der Waals surface area contributed by atoms with Crippen molar-refractivity contribution in [3.8, 4) is 0 Å². The van der Waals surface area contributed by atoms with Gasteiger partial charge in [0, 0.05) is 6.04 Å². The number of carbonyl (C=O) groups excluding carboxylic acids is 2. The molecule has 4 heteroatoms. The summed E-state index contributed by atoms with van der Waals surface area (Å²) in [5.74, 6) is -0.449. The van der Waals surface area contributed by atoms with Gasteiger partial charge in [-0.25, -0.2) is 0 Å². The molecule has 0 bridgehead atoms. The van der Waals surface area contributed by atoms with Crippen molar-refractivity contribution in [3.63, 3.8) is 0 Å². The monoisotopic (exact) mass is 168 g/mol. The molecule has 2 fully saturated rings. The van der Waals surface area contributed by atoms with E-state index in [1.165, 1.54) is 0 Å². The van der Waals surface area contributed by atoms with Crippen LogP contribution in [0.25, 0.3) is 0 Å². The first-order valence-electron chi connectivity index (χ1n) is 4.29. The maximum atomic E-state index is 11.2. The van der Waals surface area contributed by atoms with Gasteiger partial charge in [-0.2, -0.15) is 0 Å². The quantitative estimate of drug-likeness (QED) is 0.474. The van der Waals surface area contributed by atoms with Crippen LogP contribution in [-0.4, -0.2) is 17.9 Å². The summed E-state index contributed by atoms with van der Waals surface area (Å²) in [6.45, 7) is 0. The summed E-state index contributed by atoms with van der Waals surface area (Å²) < 4.78 is 0. The van der Waals surface area contributed by atoms with Crippen molar-refractivity contribution < 1.29 is 9.59 Å². The molecule has 2 amide bonds. The summed E-state index contributed by atoms with van der Waals surface area (Å²) >= 11 is 0. The van der Waals surface area contributed by atoms with Gasteiger partial charge in [0.15, 0.2) is 0 Å². The topological polar surface area (TPSA) is 72.2 Å². The van der Waals surface area contributed by atoms with Crippen LogP contribution in [0.3, 0.4) is 0 Å². The van der Waals surface area contributed by atoms with Gasteiger partial charge < -0.3 is 5.73 Å². The molecule has 1 aliphatic carbocycles. The van der Waals surface area contributed by atoms with Crippen LogP contribution in [0.1, 0.15) is 19.3 Å². The van der Waals surface area contributed by atoms with Crippen molar-refractivity contribution >= 4 is 11.8 Å². The average Bonchev–Trinajstić information content (AvgIpc) is 2.28. The van der Waals surface area contributed by atoms with Gasteiger partial charge >= 0.3 is 0 Å². The molecular weight excluding hydrogens is 156 g/mol. The highest BCUT2D eigenvalue weighted by Crippen LogP contribution is 2.33. The number of nitrogens with two attached hydrogens (primary N) is 1. The van der Waals surface area contributed by atoms with E-state index in [1.54, 1.807) is 0 Å². The Morgan fingerprint density at radius 1 is 1.17 bits per heavy atom. The van der Waals surface area contributed by atoms with Gasteiger partial charge in [-0.3, -0.25) is 14.9 Å². The smallest absolute Gasteiger partial charge is 0.230 e. The highest BCUT2D eigenvalue weighted by molar-refractivity contribution is 6.05. The maximum absolute atomic E-state index is 11.2. The lowest BCUT2D eigenvalue weighted by atomic mass is 9.79. The first-order valence-corrected chi connectivity index (χ1v) is 4.29. The first kappa shape index (κ1) is 7.73. The van der Waals surface area contributed by atoms with Crippen LogP contribution < -0.4 is 11.1 Å². The van der Waals surface area contributed by atoms with Crippen molar-refractivity contribution in [3.05, 3.63) is 0 Å². The van der Waals surface area contributed by atoms with Gasteiger partial charge in [0.25, 0.3) is 0 Å². The highest BCUT2D eigenvalue weighted by atomic mass is 16.2. The molecule has 1 saturated heterocycles. The zero-order valence-electron chi connectivity index (χ0n) is 6.75. The Hall–Kier alpha value is -0.900. The van der Waals surface area contributed by atoms with E-state index in [0.29, 0.717) is 6.42 Å². The second-order valence-electron chi connectivity index (χ2n) is 3.64. The Kier molecular flexibility index (Phi) is 1.65. The van der Waals surface area contributed by atoms with Gasteiger partial charge in [0.05, 0.1) is 11.8 Å². The van der Waals surface area contributed by atoms with Crippen LogP contribution in [0, 0.1) is 11.8 Å². The zero-order valence-corrected chi connectivity index (χ0v) is 6.75. The molecule has 4 nitrogen and oxygen atoms in total. The lowest BCUT2D eigenvalue weighted by Gasteiger charge is -2.25. The van der Waals surface area contributed by atoms with Crippen LogP contribution in [0.2, 0.25) is 0 Å². The molecule has 2 aliphatic rings. The third-order valence-corrected chi connectivity index (χ3v) is 2.81. The van der Waals surface area contributed by atoms with E-state index in [-0.39, 0.29) is 29.7 Å². The molecule has 0 aromatic heterocycles. The van der Waals surface area contributed by atoms with E-state index in [9.17, 15) is 9.59 Å². The van der Waals surface area contributed by atoms with Crippen LogP contribution in [0.15, 0.2) is 0 Å². The molecule has 1 heterocycles. The zero-order chi connectivity index (χ0) is 8.72. The minimum absolute atomic E-state index is 0.0858. The lowest BCUT2D eigenvalue weighted by molar-refractivity contribution is -0.126. The lowest BCUT2D eigenvalue weighted by Crippen LogP contribution is -2.34. The van der Waals surface area contributed by atoms with Crippen molar-refractivity contribution in [2.75, 3.05) is 0 Å². The van der Waals surface area contributed by atoms with Gasteiger partial charge in [0.2, 0.25) is 11.8 Å². The summed E-state index contributed by atoms with van der Waals surface area (Å²) in [6, 6.07) is 0.0999. The second kappa shape index (κ2) is 2.55. The summed E-state index contributed by atoms with van der Waals surface area (Å²) in [4.78, 5) is 22.3. The predicted molar refractivity (Wildman–Crippen MR) is 42.0 cm³/mol. The van der Waals surface area contributed by atoms with E-state index in [2.05, 4.69) is 5.32 Å². The van der Waals surface area contributed by atoms with Crippen LogP contribution >= 0.6 is 0 Å². The Morgan fingerprint density at radius 3 is 2.58 bits per heavy atom. The third kappa shape index (κ3) is 1.03.